The van der Waals surface area contributed by atoms with E-state index in [-0.39, 0.29) is 5.91 Å². The van der Waals surface area contributed by atoms with Crippen LogP contribution in [-0.4, -0.2) is 50.4 Å². The first-order chi connectivity index (χ1) is 14.4. The lowest BCUT2D eigenvalue weighted by Gasteiger charge is -2.24. The number of rotatable bonds is 6. The Kier molecular flexibility index (Phi) is 5.13. The Morgan fingerprint density at radius 1 is 1.37 bits per heavy atom. The van der Waals surface area contributed by atoms with Crippen molar-refractivity contribution in [3.63, 3.8) is 0 Å². The first-order valence-electron chi connectivity index (χ1n) is 9.65. The van der Waals surface area contributed by atoms with E-state index in [1.165, 1.54) is 4.68 Å². The van der Waals surface area contributed by atoms with Gasteiger partial charge in [-0.1, -0.05) is 6.07 Å². The molecular weight excluding hydrogens is 386 g/mol. The number of benzene rings is 1. The smallest absolute Gasteiger partial charge is 0.271 e. The first kappa shape index (κ1) is 19.8. The summed E-state index contributed by atoms with van der Waals surface area (Å²) in [4.78, 5) is 29.4. The third-order valence-electron chi connectivity index (χ3n) is 5.29. The van der Waals surface area contributed by atoms with Crippen LogP contribution in [0.4, 0.5) is 0 Å². The van der Waals surface area contributed by atoms with Crippen LogP contribution in [0, 0.1) is 6.92 Å². The number of hydrogen-bond donors (Lipinski definition) is 3. The van der Waals surface area contributed by atoms with Crippen molar-refractivity contribution in [2.75, 3.05) is 13.2 Å². The Bertz CT molecular complexity index is 1110. The number of carbonyl (C=O) groups excluding carboxylic acids is 2. The predicted octanol–water partition coefficient (Wildman–Crippen LogP) is 0.837. The van der Waals surface area contributed by atoms with Crippen molar-refractivity contribution in [1.82, 2.24) is 25.4 Å². The molecule has 3 heterocycles. The molecule has 3 N–H and O–H groups in total. The number of aromatic nitrogens is 3. The average molecular weight is 409 g/mol. The molecular formula is C21H23N5O4. The standard InChI is InChI=1S/C21H23N5O4/c1-13-3-4-14(10-23-13)11-30-15-5-6-17-16(9-15)18(26(2)25-17)19(28)24-21(12-27)7-8-22-20(21)29/h3-6,9-10,27H,7-8,11-12H2,1-2H3,(H,22,29)(H,24,28). The first-order valence-corrected chi connectivity index (χ1v) is 9.65. The van der Waals surface area contributed by atoms with Crippen molar-refractivity contribution in [1.29, 1.82) is 0 Å². The Hall–Kier alpha value is -3.46. The monoisotopic (exact) mass is 409 g/mol. The topological polar surface area (TPSA) is 118 Å². The summed E-state index contributed by atoms with van der Waals surface area (Å²) in [6, 6.07) is 9.18. The van der Waals surface area contributed by atoms with Crippen molar-refractivity contribution in [2.24, 2.45) is 7.05 Å². The number of nitrogens with zero attached hydrogens (tertiary/aromatic N) is 3. The molecule has 1 unspecified atom stereocenters. The molecule has 2 aromatic heterocycles. The molecule has 1 saturated heterocycles. The van der Waals surface area contributed by atoms with Gasteiger partial charge in [0.25, 0.3) is 5.91 Å². The van der Waals surface area contributed by atoms with Crippen LogP contribution in [0.3, 0.4) is 0 Å². The molecule has 2 amide bonds. The van der Waals surface area contributed by atoms with Gasteiger partial charge in [0.2, 0.25) is 5.91 Å². The van der Waals surface area contributed by atoms with E-state index in [1.807, 2.05) is 19.1 Å². The quantitative estimate of drug-likeness (QED) is 0.555. The molecule has 9 nitrogen and oxygen atoms in total. The Labute approximate surface area is 173 Å². The van der Waals surface area contributed by atoms with E-state index in [2.05, 4.69) is 20.7 Å². The number of amides is 2. The van der Waals surface area contributed by atoms with Gasteiger partial charge >= 0.3 is 0 Å². The highest BCUT2D eigenvalue weighted by molar-refractivity contribution is 6.07. The summed E-state index contributed by atoms with van der Waals surface area (Å²) in [5, 5.41) is 20.0. The van der Waals surface area contributed by atoms with Gasteiger partial charge in [0.05, 0.1) is 12.1 Å². The summed E-state index contributed by atoms with van der Waals surface area (Å²) in [7, 11) is 1.66. The van der Waals surface area contributed by atoms with Gasteiger partial charge in [0.15, 0.2) is 0 Å². The van der Waals surface area contributed by atoms with Gasteiger partial charge in [-0.2, -0.15) is 5.10 Å². The average Bonchev–Trinajstić information content (AvgIpc) is 3.26. The number of aliphatic hydroxyl groups is 1. The maximum Gasteiger partial charge on any atom is 0.271 e. The summed E-state index contributed by atoms with van der Waals surface area (Å²) in [6.45, 7) is 2.19. The van der Waals surface area contributed by atoms with Gasteiger partial charge in [-0.25, -0.2) is 0 Å². The molecule has 1 fully saturated rings. The molecule has 0 aliphatic carbocycles. The van der Waals surface area contributed by atoms with Crippen molar-refractivity contribution in [2.45, 2.75) is 25.5 Å². The van der Waals surface area contributed by atoms with Crippen molar-refractivity contribution in [3.05, 3.63) is 53.5 Å². The molecule has 1 atom stereocenters. The Balaban J connectivity index is 1.59. The number of carbonyl (C=O) groups is 2. The van der Waals surface area contributed by atoms with Crippen molar-refractivity contribution >= 4 is 22.7 Å². The minimum Gasteiger partial charge on any atom is -0.489 e. The highest BCUT2D eigenvalue weighted by atomic mass is 16.5. The summed E-state index contributed by atoms with van der Waals surface area (Å²) in [6.07, 6.45) is 2.08. The van der Waals surface area contributed by atoms with Crippen LogP contribution in [0.5, 0.6) is 5.75 Å². The third kappa shape index (κ3) is 3.59. The van der Waals surface area contributed by atoms with Crippen LogP contribution in [-0.2, 0) is 18.4 Å². The van der Waals surface area contributed by atoms with Gasteiger partial charge in [-0.3, -0.25) is 19.3 Å². The second-order valence-electron chi connectivity index (χ2n) is 7.45. The fourth-order valence-corrected chi connectivity index (χ4v) is 3.55. The number of nitrogens with one attached hydrogen (secondary N) is 2. The van der Waals surface area contributed by atoms with Crippen LogP contribution in [0.15, 0.2) is 36.5 Å². The molecule has 9 heteroatoms. The summed E-state index contributed by atoms with van der Waals surface area (Å²) in [5.41, 5.74) is 1.46. The minimum absolute atomic E-state index is 0.292. The zero-order chi connectivity index (χ0) is 21.3. The van der Waals surface area contributed by atoms with Crippen LogP contribution >= 0.6 is 0 Å². The number of ether oxygens (including phenoxy) is 1. The van der Waals surface area contributed by atoms with Gasteiger partial charge in [-0.05, 0) is 37.6 Å². The Morgan fingerprint density at radius 2 is 2.20 bits per heavy atom. The predicted molar refractivity (Wildman–Crippen MR) is 109 cm³/mol. The van der Waals surface area contributed by atoms with Crippen LogP contribution < -0.4 is 15.4 Å². The van der Waals surface area contributed by atoms with E-state index in [0.29, 0.717) is 41.9 Å². The number of fused-ring (bicyclic) bond motifs is 1. The van der Waals surface area contributed by atoms with E-state index in [9.17, 15) is 14.7 Å². The molecule has 30 heavy (non-hydrogen) atoms. The zero-order valence-electron chi connectivity index (χ0n) is 16.8. The molecule has 0 bridgehead atoms. The largest absolute Gasteiger partial charge is 0.489 e. The van der Waals surface area contributed by atoms with Gasteiger partial charge in [0, 0.05) is 36.4 Å². The van der Waals surface area contributed by atoms with E-state index in [0.717, 1.165) is 11.3 Å². The molecule has 0 spiro atoms. The maximum absolute atomic E-state index is 13.0. The van der Waals surface area contributed by atoms with Crippen molar-refractivity contribution < 1.29 is 19.4 Å². The number of hydrogen-bond acceptors (Lipinski definition) is 6. The third-order valence-corrected chi connectivity index (χ3v) is 5.29. The number of aliphatic hydroxyl groups excluding tert-OH is 1. The highest BCUT2D eigenvalue weighted by Gasteiger charge is 2.44. The van der Waals surface area contributed by atoms with Gasteiger partial charge in [0.1, 0.15) is 23.6 Å². The summed E-state index contributed by atoms with van der Waals surface area (Å²) >= 11 is 0. The lowest BCUT2D eigenvalue weighted by molar-refractivity contribution is -0.125. The normalized spacial score (nSPS) is 18.4. The van der Waals surface area contributed by atoms with E-state index in [4.69, 9.17) is 4.74 Å². The zero-order valence-corrected chi connectivity index (χ0v) is 16.8. The fourth-order valence-electron chi connectivity index (χ4n) is 3.55. The number of pyridine rings is 1. The molecule has 0 saturated carbocycles. The molecule has 0 radical (unpaired) electrons. The van der Waals surface area contributed by atoms with Gasteiger partial charge in [-0.15, -0.1) is 0 Å². The Morgan fingerprint density at radius 3 is 2.87 bits per heavy atom. The van der Waals surface area contributed by atoms with E-state index in [1.54, 1.807) is 31.4 Å². The SMILES string of the molecule is Cc1ccc(COc2ccc3nn(C)c(C(=O)NC4(CO)CCNC4=O)c3c2)cn1. The fraction of sp³-hybridized carbons (Fsp3) is 0.333. The van der Waals surface area contributed by atoms with Crippen molar-refractivity contribution in [3.8, 4) is 5.75 Å². The summed E-state index contributed by atoms with van der Waals surface area (Å²) < 4.78 is 7.33. The van der Waals surface area contributed by atoms with Crippen LogP contribution in [0.1, 0.15) is 28.2 Å². The molecule has 3 aromatic rings. The summed E-state index contributed by atoms with van der Waals surface area (Å²) in [5.74, 6) is -0.285. The van der Waals surface area contributed by atoms with Crippen LogP contribution in [0.2, 0.25) is 0 Å². The molecule has 1 aliphatic rings. The maximum atomic E-state index is 13.0. The molecule has 4 rings (SSSR count). The van der Waals surface area contributed by atoms with Gasteiger partial charge < -0.3 is 20.5 Å². The number of aryl methyl sites for hydroxylation is 2. The highest BCUT2D eigenvalue weighted by Crippen LogP contribution is 2.25. The van der Waals surface area contributed by atoms with E-state index < -0.39 is 18.1 Å². The molecule has 1 aliphatic heterocycles. The van der Waals surface area contributed by atoms with E-state index >= 15 is 0 Å². The molecule has 1 aromatic carbocycles. The molecule has 156 valence electrons. The second kappa shape index (κ2) is 7.75. The lowest BCUT2D eigenvalue weighted by Crippen LogP contribution is -2.56. The second-order valence-corrected chi connectivity index (χ2v) is 7.45. The minimum atomic E-state index is -1.32. The van der Waals surface area contributed by atoms with Crippen LogP contribution in [0.25, 0.3) is 10.9 Å². The lowest BCUT2D eigenvalue weighted by atomic mass is 9.98.